The molecule has 0 saturated carbocycles. The van der Waals surface area contributed by atoms with Gasteiger partial charge in [-0.1, -0.05) is 6.92 Å². The smallest absolute Gasteiger partial charge is 0.237 e. The van der Waals surface area contributed by atoms with E-state index in [1.807, 2.05) is 13.8 Å². The number of rotatable bonds is 7. The second-order valence-electron chi connectivity index (χ2n) is 5.41. The third kappa shape index (κ3) is 5.76. The lowest BCUT2D eigenvalue weighted by Gasteiger charge is -2.36. The van der Waals surface area contributed by atoms with Crippen LogP contribution in [-0.4, -0.2) is 57.3 Å². The van der Waals surface area contributed by atoms with Crippen LogP contribution in [0.5, 0.6) is 0 Å². The van der Waals surface area contributed by atoms with Crippen LogP contribution >= 0.6 is 0 Å². The van der Waals surface area contributed by atoms with Crippen molar-refractivity contribution in [2.45, 2.75) is 39.7 Å². The molecular formula is C13H26N2O4S. The highest BCUT2D eigenvalue weighted by molar-refractivity contribution is 7.89. The maximum absolute atomic E-state index is 12.1. The molecule has 1 aliphatic rings. The van der Waals surface area contributed by atoms with E-state index in [2.05, 4.69) is 11.6 Å². The average Bonchev–Trinajstić information content (AvgIpc) is 2.39. The van der Waals surface area contributed by atoms with Gasteiger partial charge in [-0.05, 0) is 32.6 Å². The Bertz CT molecular complexity index is 411. The zero-order valence-electron chi connectivity index (χ0n) is 12.6. The lowest BCUT2D eigenvalue weighted by atomic mass is 9.95. The Balaban J connectivity index is 2.41. The molecule has 20 heavy (non-hydrogen) atoms. The van der Waals surface area contributed by atoms with Crippen LogP contribution < -0.4 is 4.72 Å². The monoisotopic (exact) mass is 306 g/mol. The van der Waals surface area contributed by atoms with E-state index in [0.29, 0.717) is 19.1 Å². The number of hydrogen-bond acceptors (Lipinski definition) is 4. The first-order valence-corrected chi connectivity index (χ1v) is 8.85. The molecule has 118 valence electrons. The standard InChI is InChI=1S/C13H26N2O4S/c1-4-19-7-8-20(17,18)14-9-13(16)15-10-11(2)5-6-12(15)3/h11-12,14H,4-10H2,1-3H3/t11-,12+/m0/s1. The topological polar surface area (TPSA) is 75.7 Å². The first kappa shape index (κ1) is 17.4. The Morgan fingerprint density at radius 3 is 2.70 bits per heavy atom. The van der Waals surface area contributed by atoms with Gasteiger partial charge in [-0.25, -0.2) is 13.1 Å². The van der Waals surface area contributed by atoms with Crippen molar-refractivity contribution >= 4 is 15.9 Å². The molecule has 0 spiro atoms. The maximum Gasteiger partial charge on any atom is 0.237 e. The van der Waals surface area contributed by atoms with Gasteiger partial charge in [-0.2, -0.15) is 0 Å². The van der Waals surface area contributed by atoms with Gasteiger partial charge < -0.3 is 9.64 Å². The van der Waals surface area contributed by atoms with Crippen molar-refractivity contribution in [3.63, 3.8) is 0 Å². The summed E-state index contributed by atoms with van der Waals surface area (Å²) in [6.07, 6.45) is 2.09. The Morgan fingerprint density at radius 1 is 1.35 bits per heavy atom. The molecule has 1 saturated heterocycles. The molecule has 1 rings (SSSR count). The van der Waals surface area contributed by atoms with Gasteiger partial charge >= 0.3 is 0 Å². The number of nitrogens with zero attached hydrogens (tertiary/aromatic N) is 1. The Kier molecular flexibility index (Phi) is 6.91. The van der Waals surface area contributed by atoms with E-state index in [0.717, 1.165) is 12.8 Å². The molecule has 0 aromatic rings. The molecule has 7 heteroatoms. The predicted octanol–water partition coefficient (Wildman–Crippen LogP) is 0.589. The average molecular weight is 306 g/mol. The van der Waals surface area contributed by atoms with E-state index in [9.17, 15) is 13.2 Å². The summed E-state index contributed by atoms with van der Waals surface area (Å²) < 4.78 is 30.7. The highest BCUT2D eigenvalue weighted by Gasteiger charge is 2.27. The minimum Gasteiger partial charge on any atom is -0.381 e. The fourth-order valence-corrected chi connectivity index (χ4v) is 3.12. The number of piperidine rings is 1. The van der Waals surface area contributed by atoms with Crippen molar-refractivity contribution in [3.05, 3.63) is 0 Å². The van der Waals surface area contributed by atoms with Gasteiger partial charge in [0.2, 0.25) is 15.9 Å². The van der Waals surface area contributed by atoms with Crippen molar-refractivity contribution in [2.24, 2.45) is 5.92 Å². The number of hydrogen-bond donors (Lipinski definition) is 1. The second-order valence-corrected chi connectivity index (χ2v) is 7.34. The summed E-state index contributed by atoms with van der Waals surface area (Å²) in [6, 6.07) is 0.187. The summed E-state index contributed by atoms with van der Waals surface area (Å²) in [5, 5.41) is 0. The Labute approximate surface area is 121 Å². The zero-order chi connectivity index (χ0) is 15.2. The van der Waals surface area contributed by atoms with E-state index in [1.165, 1.54) is 0 Å². The molecule has 2 atom stereocenters. The quantitative estimate of drug-likeness (QED) is 0.699. The number of carbonyl (C=O) groups excluding carboxylic acids is 1. The first-order chi connectivity index (χ1) is 9.35. The number of likely N-dealkylation sites (tertiary alicyclic amines) is 1. The van der Waals surface area contributed by atoms with Gasteiger partial charge in [0.1, 0.15) is 0 Å². The molecular weight excluding hydrogens is 280 g/mol. The van der Waals surface area contributed by atoms with Gasteiger partial charge in [-0.3, -0.25) is 4.79 Å². The summed E-state index contributed by atoms with van der Waals surface area (Å²) in [5.41, 5.74) is 0. The molecule has 0 aromatic carbocycles. The SMILES string of the molecule is CCOCCS(=O)(=O)NCC(=O)N1C[C@@H](C)CC[C@H]1C. The van der Waals surface area contributed by atoms with Crippen LogP contribution in [0, 0.1) is 5.92 Å². The van der Waals surface area contributed by atoms with Crippen molar-refractivity contribution < 1.29 is 17.9 Å². The number of sulfonamides is 1. The summed E-state index contributed by atoms with van der Waals surface area (Å²) in [6.45, 7) is 7.11. The fraction of sp³-hybridized carbons (Fsp3) is 0.923. The van der Waals surface area contributed by atoms with Crippen LogP contribution in [0.25, 0.3) is 0 Å². The third-order valence-electron chi connectivity index (χ3n) is 3.58. The maximum atomic E-state index is 12.1. The number of carbonyl (C=O) groups is 1. The number of ether oxygens (including phenoxy) is 1. The van der Waals surface area contributed by atoms with Gasteiger partial charge in [0.25, 0.3) is 0 Å². The molecule has 1 amide bonds. The molecule has 0 aromatic heterocycles. The van der Waals surface area contributed by atoms with E-state index in [1.54, 1.807) is 4.90 Å². The van der Waals surface area contributed by atoms with Crippen LogP contribution in [0.1, 0.15) is 33.6 Å². The van der Waals surface area contributed by atoms with Crippen LogP contribution in [-0.2, 0) is 19.6 Å². The van der Waals surface area contributed by atoms with Crippen molar-refractivity contribution in [1.82, 2.24) is 9.62 Å². The van der Waals surface area contributed by atoms with Crippen molar-refractivity contribution in [3.8, 4) is 0 Å². The fourth-order valence-electron chi connectivity index (χ4n) is 2.29. The Morgan fingerprint density at radius 2 is 2.05 bits per heavy atom. The zero-order valence-corrected chi connectivity index (χ0v) is 13.4. The molecule has 1 N–H and O–H groups in total. The molecule has 0 aliphatic carbocycles. The van der Waals surface area contributed by atoms with Crippen molar-refractivity contribution in [1.29, 1.82) is 0 Å². The van der Waals surface area contributed by atoms with Crippen LogP contribution in [0.2, 0.25) is 0 Å². The summed E-state index contributed by atoms with van der Waals surface area (Å²) >= 11 is 0. The molecule has 1 fully saturated rings. The van der Waals surface area contributed by atoms with Gasteiger partial charge in [-0.15, -0.1) is 0 Å². The Hall–Kier alpha value is -0.660. The van der Waals surface area contributed by atoms with Crippen LogP contribution in [0.15, 0.2) is 0 Å². The van der Waals surface area contributed by atoms with E-state index in [4.69, 9.17) is 4.74 Å². The number of amides is 1. The summed E-state index contributed by atoms with van der Waals surface area (Å²) in [5.74, 6) is 0.217. The van der Waals surface area contributed by atoms with Gasteiger partial charge in [0.15, 0.2) is 0 Å². The first-order valence-electron chi connectivity index (χ1n) is 7.20. The lowest BCUT2D eigenvalue weighted by molar-refractivity contribution is -0.134. The third-order valence-corrected chi connectivity index (χ3v) is 4.87. The minimum absolute atomic E-state index is 0.111. The van der Waals surface area contributed by atoms with E-state index in [-0.39, 0.29) is 30.9 Å². The lowest BCUT2D eigenvalue weighted by Crippen LogP contribution is -2.49. The highest BCUT2D eigenvalue weighted by atomic mass is 32.2. The largest absolute Gasteiger partial charge is 0.381 e. The molecule has 6 nitrogen and oxygen atoms in total. The summed E-state index contributed by atoms with van der Waals surface area (Å²) in [4.78, 5) is 13.9. The van der Waals surface area contributed by atoms with Gasteiger partial charge in [0, 0.05) is 19.2 Å². The van der Waals surface area contributed by atoms with E-state index >= 15 is 0 Å². The molecule has 0 bridgehead atoms. The molecule has 0 unspecified atom stereocenters. The number of nitrogens with one attached hydrogen (secondary N) is 1. The predicted molar refractivity (Wildman–Crippen MR) is 77.9 cm³/mol. The normalized spacial score (nSPS) is 23.9. The minimum atomic E-state index is -3.44. The molecule has 1 heterocycles. The van der Waals surface area contributed by atoms with Crippen LogP contribution in [0.4, 0.5) is 0 Å². The summed E-state index contributed by atoms with van der Waals surface area (Å²) in [7, 11) is -3.44. The van der Waals surface area contributed by atoms with E-state index < -0.39 is 10.0 Å². The van der Waals surface area contributed by atoms with Gasteiger partial charge in [0.05, 0.1) is 18.9 Å². The second kappa shape index (κ2) is 7.95. The van der Waals surface area contributed by atoms with Crippen molar-refractivity contribution in [2.75, 3.05) is 32.1 Å². The highest BCUT2D eigenvalue weighted by Crippen LogP contribution is 2.21. The molecule has 1 aliphatic heterocycles. The molecule has 0 radical (unpaired) electrons. The van der Waals surface area contributed by atoms with Crippen LogP contribution in [0.3, 0.4) is 0 Å².